The molecular weight excluding hydrogens is 630 g/mol. The number of carboxylic acid groups (broad SMARTS) is 1. The molecule has 0 bridgehead atoms. The van der Waals surface area contributed by atoms with Gasteiger partial charge in [-0.2, -0.15) is 0 Å². The zero-order valence-electron chi connectivity index (χ0n) is 29.0. The number of likely N-dealkylation sites (tertiary alicyclic amines) is 2. The Morgan fingerprint density at radius 2 is 1.51 bits per heavy atom. The summed E-state index contributed by atoms with van der Waals surface area (Å²) in [6.45, 7) is 9.45. The maximum absolute atomic E-state index is 13.7. The molecule has 0 radical (unpaired) electrons. The summed E-state index contributed by atoms with van der Waals surface area (Å²) in [7, 11) is 0. The van der Waals surface area contributed by atoms with Crippen molar-refractivity contribution in [3.8, 4) is 0 Å². The number of fused-ring (bicyclic) bond motifs is 1. The number of H-pyrrole nitrogens is 1. The van der Waals surface area contributed by atoms with Crippen LogP contribution >= 0.6 is 0 Å². The number of amides is 5. The van der Waals surface area contributed by atoms with Crippen LogP contribution in [-0.4, -0.2) is 105 Å². The standard InChI is InChI=1S/C35H51N7O7/c1-19(2)16-26(30(43)40-29(20(3)4)32(45)38-21(5)33(46)42-15-9-13-28(42)35(48)49)39-31(44)27-12-8-14-41(27)34(47)24(36)17-22-18-37-25-11-7-6-10-23(22)25/h6-7,10-11,18-21,24,26-29,37H,8-9,12-17,36H2,1-5H3,(H,38,45)(H,39,44)(H,40,43)(H,48,49)/t21-,24-,26-,27-,28-,29-/m0/s1. The average molecular weight is 682 g/mol. The van der Waals surface area contributed by atoms with E-state index < -0.39 is 65.8 Å². The number of benzene rings is 1. The summed E-state index contributed by atoms with van der Waals surface area (Å²) in [5, 5.41) is 18.7. The lowest BCUT2D eigenvalue weighted by molar-refractivity contribution is -0.149. The van der Waals surface area contributed by atoms with Crippen LogP contribution in [0.4, 0.5) is 0 Å². The van der Waals surface area contributed by atoms with Gasteiger partial charge in [0.2, 0.25) is 29.5 Å². The van der Waals surface area contributed by atoms with Gasteiger partial charge in [-0.25, -0.2) is 4.79 Å². The quantitative estimate of drug-likeness (QED) is 0.171. The number of aliphatic carboxylic acids is 1. The van der Waals surface area contributed by atoms with Crippen LogP contribution in [0.25, 0.3) is 10.9 Å². The Hall–Kier alpha value is -4.46. The lowest BCUT2D eigenvalue weighted by Gasteiger charge is -2.30. The lowest BCUT2D eigenvalue weighted by Crippen LogP contribution is -2.60. The van der Waals surface area contributed by atoms with E-state index in [9.17, 15) is 33.9 Å². The molecule has 14 nitrogen and oxygen atoms in total. The van der Waals surface area contributed by atoms with E-state index >= 15 is 0 Å². The van der Waals surface area contributed by atoms with Crippen LogP contribution in [0.2, 0.25) is 0 Å². The molecule has 0 saturated carbocycles. The van der Waals surface area contributed by atoms with Crippen LogP contribution in [-0.2, 0) is 35.2 Å². The molecule has 1 aromatic carbocycles. The Morgan fingerprint density at radius 1 is 0.878 bits per heavy atom. The lowest BCUT2D eigenvalue weighted by atomic mass is 9.99. The topological polar surface area (TPSA) is 207 Å². The van der Waals surface area contributed by atoms with Crippen molar-refractivity contribution in [1.82, 2.24) is 30.7 Å². The Balaban J connectivity index is 1.39. The van der Waals surface area contributed by atoms with Crippen molar-refractivity contribution in [3.05, 3.63) is 36.0 Å². The van der Waals surface area contributed by atoms with Crippen LogP contribution in [0.1, 0.15) is 72.3 Å². The summed E-state index contributed by atoms with van der Waals surface area (Å²) in [6, 6.07) is 2.13. The molecular formula is C35H51N7O7. The number of carbonyl (C=O) groups excluding carboxylic acids is 5. The Kier molecular flexibility index (Phi) is 12.4. The van der Waals surface area contributed by atoms with Crippen molar-refractivity contribution < 1.29 is 33.9 Å². The number of nitrogens with two attached hydrogens (primary N) is 1. The molecule has 2 aliphatic rings. The highest BCUT2D eigenvalue weighted by Gasteiger charge is 2.40. The van der Waals surface area contributed by atoms with Gasteiger partial charge >= 0.3 is 5.97 Å². The van der Waals surface area contributed by atoms with Crippen LogP contribution in [0.5, 0.6) is 0 Å². The van der Waals surface area contributed by atoms with Gasteiger partial charge in [-0.1, -0.05) is 45.9 Å². The van der Waals surface area contributed by atoms with Crippen molar-refractivity contribution in [1.29, 1.82) is 0 Å². The maximum atomic E-state index is 13.7. The number of hydrogen-bond donors (Lipinski definition) is 6. The van der Waals surface area contributed by atoms with Gasteiger partial charge in [0.15, 0.2) is 0 Å². The first kappa shape index (κ1) is 37.4. The summed E-state index contributed by atoms with van der Waals surface area (Å²) in [5.74, 6) is -3.92. The van der Waals surface area contributed by atoms with Crippen LogP contribution in [0.3, 0.4) is 0 Å². The third-order valence-corrected chi connectivity index (χ3v) is 9.41. The summed E-state index contributed by atoms with van der Waals surface area (Å²) in [5.41, 5.74) is 8.24. The van der Waals surface area contributed by atoms with E-state index in [1.807, 2.05) is 44.3 Å². The zero-order valence-corrected chi connectivity index (χ0v) is 29.0. The molecule has 1 aromatic heterocycles. The van der Waals surface area contributed by atoms with Crippen molar-refractivity contribution in [2.75, 3.05) is 13.1 Å². The first-order valence-electron chi connectivity index (χ1n) is 17.2. The third kappa shape index (κ3) is 8.97. The van der Waals surface area contributed by atoms with E-state index in [2.05, 4.69) is 20.9 Å². The Labute approximate surface area is 286 Å². The minimum atomic E-state index is -1.09. The number of carboxylic acids is 1. The van der Waals surface area contributed by atoms with Crippen molar-refractivity contribution in [2.45, 2.75) is 109 Å². The number of nitrogens with zero attached hydrogens (tertiary/aromatic N) is 2. The van der Waals surface area contributed by atoms with Crippen LogP contribution < -0.4 is 21.7 Å². The second-order valence-electron chi connectivity index (χ2n) is 14.0. The van der Waals surface area contributed by atoms with Crippen molar-refractivity contribution in [2.24, 2.45) is 17.6 Å². The van der Waals surface area contributed by atoms with E-state index in [4.69, 9.17) is 5.73 Å². The zero-order chi connectivity index (χ0) is 36.0. The molecule has 0 aliphatic carbocycles. The molecule has 49 heavy (non-hydrogen) atoms. The number of nitrogens with one attached hydrogen (secondary N) is 4. The van der Waals surface area contributed by atoms with E-state index in [1.165, 1.54) is 16.7 Å². The summed E-state index contributed by atoms with van der Waals surface area (Å²) in [4.78, 5) is 84.7. The van der Waals surface area contributed by atoms with Gasteiger partial charge < -0.3 is 41.6 Å². The predicted octanol–water partition coefficient (Wildman–Crippen LogP) is 1.28. The summed E-state index contributed by atoms with van der Waals surface area (Å²) >= 11 is 0. The molecule has 0 unspecified atom stereocenters. The summed E-state index contributed by atoms with van der Waals surface area (Å²) in [6.07, 6.45) is 4.37. The van der Waals surface area contributed by atoms with E-state index in [0.29, 0.717) is 38.6 Å². The number of hydrogen-bond acceptors (Lipinski definition) is 7. The fourth-order valence-electron chi connectivity index (χ4n) is 6.80. The number of rotatable bonds is 14. The van der Waals surface area contributed by atoms with Gasteiger partial charge in [-0.15, -0.1) is 0 Å². The monoisotopic (exact) mass is 681 g/mol. The maximum Gasteiger partial charge on any atom is 0.326 e. The fourth-order valence-corrected chi connectivity index (χ4v) is 6.80. The number of para-hydroxylation sites is 1. The van der Waals surface area contributed by atoms with E-state index in [-0.39, 0.29) is 30.7 Å². The molecule has 2 aliphatic heterocycles. The van der Waals surface area contributed by atoms with Gasteiger partial charge in [-0.3, -0.25) is 24.0 Å². The molecule has 2 saturated heterocycles. The smallest absolute Gasteiger partial charge is 0.326 e. The molecule has 268 valence electrons. The van der Waals surface area contributed by atoms with Gasteiger partial charge in [0.05, 0.1) is 6.04 Å². The van der Waals surface area contributed by atoms with Gasteiger partial charge in [-0.05, 0) is 68.9 Å². The van der Waals surface area contributed by atoms with Crippen LogP contribution in [0.15, 0.2) is 30.5 Å². The third-order valence-electron chi connectivity index (χ3n) is 9.41. The largest absolute Gasteiger partial charge is 0.480 e. The normalized spacial score (nSPS) is 20.2. The second-order valence-corrected chi connectivity index (χ2v) is 14.0. The minimum Gasteiger partial charge on any atom is -0.480 e. The molecule has 7 N–H and O–H groups in total. The second kappa shape index (κ2) is 16.3. The molecule has 3 heterocycles. The number of aromatic nitrogens is 1. The highest BCUT2D eigenvalue weighted by molar-refractivity contribution is 5.96. The molecule has 6 atom stereocenters. The van der Waals surface area contributed by atoms with Crippen molar-refractivity contribution >= 4 is 46.4 Å². The minimum absolute atomic E-state index is 0.00794. The highest BCUT2D eigenvalue weighted by Crippen LogP contribution is 2.23. The molecule has 2 fully saturated rings. The first-order chi connectivity index (χ1) is 23.2. The predicted molar refractivity (Wildman–Crippen MR) is 183 cm³/mol. The summed E-state index contributed by atoms with van der Waals surface area (Å²) < 4.78 is 0. The Morgan fingerprint density at radius 3 is 2.14 bits per heavy atom. The van der Waals surface area contributed by atoms with Gasteiger partial charge in [0.1, 0.15) is 30.2 Å². The van der Waals surface area contributed by atoms with Crippen molar-refractivity contribution in [3.63, 3.8) is 0 Å². The Bertz CT molecular complexity index is 1540. The SMILES string of the molecule is CC(C)C[C@H](NC(=O)[C@@H]1CCCN1C(=O)[C@@H](N)Cc1c[nH]c2ccccc12)C(=O)N[C@H](C(=O)N[C@@H](C)C(=O)N1CCC[C@H]1C(=O)O)C(C)C. The highest BCUT2D eigenvalue weighted by atomic mass is 16.4. The van der Waals surface area contributed by atoms with Crippen LogP contribution in [0, 0.1) is 11.8 Å². The van der Waals surface area contributed by atoms with E-state index in [1.54, 1.807) is 13.8 Å². The fraction of sp³-hybridized carbons (Fsp3) is 0.600. The average Bonchev–Trinajstić information content (AvgIpc) is 3.82. The molecule has 2 aromatic rings. The molecule has 4 rings (SSSR count). The van der Waals surface area contributed by atoms with Gasteiger partial charge in [0.25, 0.3) is 0 Å². The number of carbonyl (C=O) groups is 6. The molecule has 5 amide bonds. The molecule has 14 heteroatoms. The first-order valence-corrected chi connectivity index (χ1v) is 17.2. The molecule has 0 spiro atoms. The van der Waals surface area contributed by atoms with Gasteiger partial charge in [0, 0.05) is 30.2 Å². The van der Waals surface area contributed by atoms with E-state index in [0.717, 1.165) is 16.5 Å². The number of aromatic amines is 1.